The van der Waals surface area contributed by atoms with Crippen LogP contribution in [0.3, 0.4) is 0 Å². The topological polar surface area (TPSA) is 58.1 Å². The first-order chi connectivity index (χ1) is 12.1. The molecule has 0 saturated carbocycles. The standard InChI is InChI=1S/C19H40N4O2.HI/c1-6-25-18(16(2)3)7-10-21-19(20-4)22-15-17-8-11-23(12-9-17)13-14-24-5;/h16-18H,6-15H2,1-5H3,(H2,20,21,22);1H. The summed E-state index contributed by atoms with van der Waals surface area (Å²) in [6.07, 6.45) is 3.80. The van der Waals surface area contributed by atoms with E-state index in [1.807, 2.05) is 7.05 Å². The maximum atomic E-state index is 5.80. The molecule has 0 aromatic rings. The van der Waals surface area contributed by atoms with Gasteiger partial charge >= 0.3 is 0 Å². The predicted octanol–water partition coefficient (Wildman–Crippen LogP) is 2.58. The van der Waals surface area contributed by atoms with Gasteiger partial charge in [-0.1, -0.05) is 13.8 Å². The summed E-state index contributed by atoms with van der Waals surface area (Å²) in [5.74, 6) is 2.17. The van der Waals surface area contributed by atoms with E-state index >= 15 is 0 Å². The van der Waals surface area contributed by atoms with E-state index < -0.39 is 0 Å². The van der Waals surface area contributed by atoms with Crippen LogP contribution < -0.4 is 10.6 Å². The Bertz CT molecular complexity index is 361. The van der Waals surface area contributed by atoms with Crippen LogP contribution in [0.1, 0.15) is 40.0 Å². The minimum absolute atomic E-state index is 0. The largest absolute Gasteiger partial charge is 0.383 e. The molecule has 1 rings (SSSR count). The fourth-order valence-corrected chi connectivity index (χ4v) is 3.25. The fraction of sp³-hybridized carbons (Fsp3) is 0.947. The molecule has 0 amide bonds. The Morgan fingerprint density at radius 1 is 1.23 bits per heavy atom. The van der Waals surface area contributed by atoms with Crippen LogP contribution in [0.5, 0.6) is 0 Å². The third-order valence-electron chi connectivity index (χ3n) is 4.95. The minimum atomic E-state index is 0. The number of nitrogens with zero attached hydrogens (tertiary/aromatic N) is 2. The van der Waals surface area contributed by atoms with Gasteiger partial charge in [0, 0.05) is 40.4 Å². The third kappa shape index (κ3) is 10.9. The summed E-state index contributed by atoms with van der Waals surface area (Å²) in [5.41, 5.74) is 0. The Labute approximate surface area is 177 Å². The van der Waals surface area contributed by atoms with Crippen LogP contribution in [0.15, 0.2) is 4.99 Å². The molecule has 0 spiro atoms. The second kappa shape index (κ2) is 15.9. The van der Waals surface area contributed by atoms with Crippen LogP contribution in [0.25, 0.3) is 0 Å². The van der Waals surface area contributed by atoms with Crippen LogP contribution in [0.4, 0.5) is 0 Å². The molecular weight excluding hydrogens is 443 g/mol. The number of ether oxygens (including phenoxy) is 2. The van der Waals surface area contributed by atoms with Crippen molar-refractivity contribution in [1.29, 1.82) is 0 Å². The van der Waals surface area contributed by atoms with Gasteiger partial charge in [0.2, 0.25) is 0 Å². The van der Waals surface area contributed by atoms with E-state index in [4.69, 9.17) is 9.47 Å². The van der Waals surface area contributed by atoms with E-state index in [2.05, 4.69) is 41.3 Å². The highest BCUT2D eigenvalue weighted by Gasteiger charge is 2.19. The maximum Gasteiger partial charge on any atom is 0.190 e. The predicted molar refractivity (Wildman–Crippen MR) is 121 cm³/mol. The average Bonchev–Trinajstić information content (AvgIpc) is 2.62. The second-order valence-corrected chi connectivity index (χ2v) is 7.18. The van der Waals surface area contributed by atoms with Gasteiger partial charge in [-0.15, -0.1) is 24.0 Å². The fourth-order valence-electron chi connectivity index (χ4n) is 3.25. The van der Waals surface area contributed by atoms with Gasteiger partial charge in [0.15, 0.2) is 5.96 Å². The molecule has 156 valence electrons. The average molecular weight is 484 g/mol. The van der Waals surface area contributed by atoms with Gasteiger partial charge in [-0.2, -0.15) is 0 Å². The maximum absolute atomic E-state index is 5.80. The zero-order valence-corrected chi connectivity index (χ0v) is 19.8. The molecule has 0 radical (unpaired) electrons. The highest BCUT2D eigenvalue weighted by atomic mass is 127. The Hall–Kier alpha value is -0.120. The summed E-state index contributed by atoms with van der Waals surface area (Å²) in [4.78, 5) is 6.84. The summed E-state index contributed by atoms with van der Waals surface area (Å²) in [7, 11) is 3.61. The smallest absolute Gasteiger partial charge is 0.190 e. The lowest BCUT2D eigenvalue weighted by atomic mass is 9.97. The van der Waals surface area contributed by atoms with Crippen molar-refractivity contribution in [3.63, 3.8) is 0 Å². The highest BCUT2D eigenvalue weighted by molar-refractivity contribution is 14.0. The van der Waals surface area contributed by atoms with E-state index in [-0.39, 0.29) is 24.0 Å². The van der Waals surface area contributed by atoms with E-state index in [1.165, 1.54) is 25.9 Å². The molecular formula is C19H41IN4O2. The summed E-state index contributed by atoms with van der Waals surface area (Å²) < 4.78 is 11.0. The third-order valence-corrected chi connectivity index (χ3v) is 4.95. The summed E-state index contributed by atoms with van der Waals surface area (Å²) in [6.45, 7) is 13.4. The summed E-state index contributed by atoms with van der Waals surface area (Å²) >= 11 is 0. The SMILES string of the molecule is CCOC(CCNC(=NC)NCC1CCN(CCOC)CC1)C(C)C.I. The van der Waals surface area contributed by atoms with Crippen LogP contribution in [0, 0.1) is 11.8 Å². The normalized spacial score (nSPS) is 17.8. The molecule has 0 aliphatic carbocycles. The van der Waals surface area contributed by atoms with Gasteiger partial charge in [0.1, 0.15) is 0 Å². The molecule has 1 atom stereocenters. The van der Waals surface area contributed by atoms with Crippen LogP contribution in [0.2, 0.25) is 0 Å². The number of hydrogen-bond acceptors (Lipinski definition) is 4. The first-order valence-corrected chi connectivity index (χ1v) is 9.88. The second-order valence-electron chi connectivity index (χ2n) is 7.18. The molecule has 1 fully saturated rings. The molecule has 26 heavy (non-hydrogen) atoms. The Balaban J connectivity index is 0.00000625. The first kappa shape index (κ1) is 25.9. The van der Waals surface area contributed by atoms with Gasteiger partial charge in [0.05, 0.1) is 12.7 Å². The molecule has 1 heterocycles. The minimum Gasteiger partial charge on any atom is -0.383 e. The van der Waals surface area contributed by atoms with Crippen LogP contribution in [-0.4, -0.2) is 77.1 Å². The number of guanidine groups is 1. The van der Waals surface area contributed by atoms with Gasteiger partial charge in [0.25, 0.3) is 0 Å². The number of hydrogen-bond donors (Lipinski definition) is 2. The molecule has 7 heteroatoms. The number of piperidine rings is 1. The van der Waals surface area contributed by atoms with E-state index in [0.29, 0.717) is 12.0 Å². The van der Waals surface area contributed by atoms with Crippen molar-refractivity contribution >= 4 is 29.9 Å². The van der Waals surface area contributed by atoms with Crippen molar-refractivity contribution in [2.75, 3.05) is 60.1 Å². The summed E-state index contributed by atoms with van der Waals surface area (Å²) in [6, 6.07) is 0. The number of likely N-dealkylation sites (tertiary alicyclic amines) is 1. The van der Waals surface area contributed by atoms with Gasteiger partial charge < -0.3 is 25.0 Å². The molecule has 1 aliphatic heterocycles. The van der Waals surface area contributed by atoms with Gasteiger partial charge in [-0.3, -0.25) is 4.99 Å². The Morgan fingerprint density at radius 2 is 1.92 bits per heavy atom. The van der Waals surface area contributed by atoms with E-state index in [0.717, 1.165) is 51.1 Å². The molecule has 0 aromatic heterocycles. The van der Waals surface area contributed by atoms with Crippen LogP contribution in [-0.2, 0) is 9.47 Å². The van der Waals surface area contributed by atoms with Crippen molar-refractivity contribution in [3.05, 3.63) is 0 Å². The molecule has 0 aromatic carbocycles. The van der Waals surface area contributed by atoms with Crippen molar-refractivity contribution in [1.82, 2.24) is 15.5 Å². The van der Waals surface area contributed by atoms with Crippen molar-refractivity contribution in [2.45, 2.75) is 46.1 Å². The summed E-state index contributed by atoms with van der Waals surface area (Å²) in [5, 5.41) is 6.91. The molecule has 1 saturated heterocycles. The Kier molecular flexibility index (Phi) is 15.8. The van der Waals surface area contributed by atoms with E-state index in [1.54, 1.807) is 7.11 Å². The van der Waals surface area contributed by atoms with Crippen molar-refractivity contribution in [2.24, 2.45) is 16.8 Å². The monoisotopic (exact) mass is 484 g/mol. The number of aliphatic imine (C=N–C) groups is 1. The van der Waals surface area contributed by atoms with Gasteiger partial charge in [-0.05, 0) is 51.1 Å². The number of halogens is 1. The quantitative estimate of drug-likeness (QED) is 0.268. The molecule has 2 N–H and O–H groups in total. The number of methoxy groups -OCH3 is 1. The van der Waals surface area contributed by atoms with Crippen LogP contribution >= 0.6 is 24.0 Å². The molecule has 1 unspecified atom stereocenters. The Morgan fingerprint density at radius 3 is 2.46 bits per heavy atom. The van der Waals surface area contributed by atoms with Crippen molar-refractivity contribution in [3.8, 4) is 0 Å². The first-order valence-electron chi connectivity index (χ1n) is 9.88. The number of nitrogens with one attached hydrogen (secondary N) is 2. The lowest BCUT2D eigenvalue weighted by Crippen LogP contribution is -2.44. The van der Waals surface area contributed by atoms with E-state index in [9.17, 15) is 0 Å². The lowest BCUT2D eigenvalue weighted by Gasteiger charge is -2.32. The highest BCUT2D eigenvalue weighted by Crippen LogP contribution is 2.16. The molecule has 6 nitrogen and oxygen atoms in total. The van der Waals surface area contributed by atoms with Gasteiger partial charge in [-0.25, -0.2) is 0 Å². The molecule has 1 aliphatic rings. The zero-order chi connectivity index (χ0) is 18.5. The number of rotatable bonds is 11. The van der Waals surface area contributed by atoms with Crippen molar-refractivity contribution < 1.29 is 9.47 Å². The lowest BCUT2D eigenvalue weighted by molar-refractivity contribution is 0.0258. The molecule has 0 bridgehead atoms. The zero-order valence-electron chi connectivity index (χ0n) is 17.4.